The summed E-state index contributed by atoms with van der Waals surface area (Å²) < 4.78 is 0. The number of carbonyl (C=O) groups excluding carboxylic acids is 2. The zero-order valence-electron chi connectivity index (χ0n) is 15.3. The molecular weight excluding hydrogens is 338 g/mol. The van der Waals surface area contributed by atoms with Crippen LogP contribution in [0.4, 0.5) is 0 Å². The highest BCUT2D eigenvalue weighted by Gasteiger charge is 2.32. The van der Waals surface area contributed by atoms with Crippen molar-refractivity contribution in [2.75, 3.05) is 6.54 Å². The van der Waals surface area contributed by atoms with Gasteiger partial charge >= 0.3 is 0 Å². The first-order valence-electron chi connectivity index (χ1n) is 8.35. The maximum Gasteiger partial charge on any atom is 0.223 e. The molecule has 138 valence electrons. The van der Waals surface area contributed by atoms with Crippen LogP contribution in [0.5, 0.6) is 0 Å². The molecule has 0 saturated carbocycles. The summed E-state index contributed by atoms with van der Waals surface area (Å²) in [6, 6.07) is 7.55. The number of nitrogens with one attached hydrogen (secondary N) is 1. The molecule has 0 fully saturated rings. The number of hydrogen-bond donors (Lipinski definition) is 2. The van der Waals surface area contributed by atoms with Gasteiger partial charge in [0.25, 0.3) is 0 Å². The topological polar surface area (TPSA) is 75.4 Å². The van der Waals surface area contributed by atoms with Crippen molar-refractivity contribution in [2.45, 2.75) is 45.7 Å². The molecule has 5 nitrogen and oxygen atoms in total. The molecule has 1 heterocycles. The average molecular weight is 366 g/mol. The number of nitrogens with zero attached hydrogens (tertiary/aromatic N) is 1. The van der Waals surface area contributed by atoms with Gasteiger partial charge < -0.3 is 16.0 Å². The molecule has 0 aliphatic carbocycles. The maximum atomic E-state index is 12.6. The third kappa shape index (κ3) is 4.61. The van der Waals surface area contributed by atoms with E-state index < -0.39 is 5.54 Å². The minimum atomic E-state index is -0.456. The first-order chi connectivity index (χ1) is 11.3. The number of halogens is 1. The van der Waals surface area contributed by atoms with Crippen molar-refractivity contribution in [3.8, 4) is 0 Å². The van der Waals surface area contributed by atoms with Crippen molar-refractivity contribution in [1.82, 2.24) is 10.2 Å². The van der Waals surface area contributed by atoms with Crippen LogP contribution >= 0.6 is 12.4 Å². The lowest BCUT2D eigenvalue weighted by molar-refractivity contribution is -0.130. The molecule has 6 heteroatoms. The fourth-order valence-corrected chi connectivity index (χ4v) is 2.89. The normalized spacial score (nSPS) is 18.2. The van der Waals surface area contributed by atoms with Crippen LogP contribution < -0.4 is 11.1 Å². The predicted octanol–water partition coefficient (Wildman–Crippen LogP) is 2.86. The highest BCUT2D eigenvalue weighted by atomic mass is 35.5. The Balaban J connectivity index is 0.00000312. The molecule has 1 aromatic carbocycles. The van der Waals surface area contributed by atoms with Gasteiger partial charge in [0.2, 0.25) is 11.8 Å². The number of amides is 2. The molecular formula is C19H28ClN3O2. The van der Waals surface area contributed by atoms with Crippen LogP contribution in [-0.4, -0.2) is 28.8 Å². The number of fused-ring (bicyclic) bond motifs is 1. The van der Waals surface area contributed by atoms with E-state index in [1.807, 2.05) is 51.1 Å². The van der Waals surface area contributed by atoms with Crippen molar-refractivity contribution in [2.24, 2.45) is 11.7 Å². The number of hydrogen-bond acceptors (Lipinski definition) is 3. The Hall–Kier alpha value is -1.85. The maximum absolute atomic E-state index is 12.6. The molecule has 0 aromatic heterocycles. The SMILES string of the molecule is CC(=O)N1C=Cc2ccccc2C1CC(=O)NC(C)(CN)C(C)C.Cl. The number of nitrogens with two attached hydrogens (primary N) is 1. The van der Waals surface area contributed by atoms with E-state index in [-0.39, 0.29) is 42.6 Å². The second-order valence-electron chi connectivity index (χ2n) is 6.92. The van der Waals surface area contributed by atoms with Gasteiger partial charge in [-0.25, -0.2) is 0 Å². The summed E-state index contributed by atoms with van der Waals surface area (Å²) in [5.74, 6) is 0.0379. The molecule has 1 aliphatic rings. The zero-order chi connectivity index (χ0) is 17.9. The lowest BCUT2D eigenvalue weighted by Gasteiger charge is -2.36. The van der Waals surface area contributed by atoms with Crippen LogP contribution in [0, 0.1) is 5.92 Å². The third-order valence-electron chi connectivity index (χ3n) is 4.97. The standard InChI is InChI=1S/C19H27N3O2.ClH/c1-13(2)19(4,12-20)21-18(24)11-17-16-8-6-5-7-15(16)9-10-22(17)14(3)23;/h5-10,13,17H,11-12,20H2,1-4H3,(H,21,24);1H. The summed E-state index contributed by atoms with van der Waals surface area (Å²) in [5.41, 5.74) is 7.43. The van der Waals surface area contributed by atoms with E-state index in [0.29, 0.717) is 6.54 Å². The lowest BCUT2D eigenvalue weighted by atomic mass is 9.87. The number of carbonyl (C=O) groups is 2. The molecule has 3 N–H and O–H groups in total. The Bertz CT molecular complexity index is 660. The molecule has 0 radical (unpaired) electrons. The molecule has 2 amide bonds. The van der Waals surface area contributed by atoms with E-state index in [2.05, 4.69) is 5.32 Å². The summed E-state index contributed by atoms with van der Waals surface area (Å²) in [5, 5.41) is 3.05. The minimum Gasteiger partial charge on any atom is -0.349 e. The van der Waals surface area contributed by atoms with Crippen LogP contribution in [0.2, 0.25) is 0 Å². The molecule has 2 atom stereocenters. The monoisotopic (exact) mass is 365 g/mol. The molecule has 1 aromatic rings. The van der Waals surface area contributed by atoms with Crippen LogP contribution in [0.25, 0.3) is 6.08 Å². The van der Waals surface area contributed by atoms with Crippen LogP contribution in [0.1, 0.15) is 51.3 Å². The Kier molecular flexibility index (Phi) is 7.20. The summed E-state index contributed by atoms with van der Waals surface area (Å²) in [4.78, 5) is 26.2. The first kappa shape index (κ1) is 21.2. The van der Waals surface area contributed by atoms with E-state index in [0.717, 1.165) is 11.1 Å². The lowest BCUT2D eigenvalue weighted by Crippen LogP contribution is -2.55. The highest BCUT2D eigenvalue weighted by Crippen LogP contribution is 2.33. The van der Waals surface area contributed by atoms with E-state index >= 15 is 0 Å². The van der Waals surface area contributed by atoms with E-state index in [9.17, 15) is 9.59 Å². The number of benzene rings is 1. The minimum absolute atomic E-state index is 0. The van der Waals surface area contributed by atoms with Gasteiger partial charge in [-0.05, 0) is 30.0 Å². The Labute approximate surface area is 156 Å². The predicted molar refractivity (Wildman–Crippen MR) is 103 cm³/mol. The summed E-state index contributed by atoms with van der Waals surface area (Å²) >= 11 is 0. The Morgan fingerprint density at radius 2 is 1.96 bits per heavy atom. The third-order valence-corrected chi connectivity index (χ3v) is 4.97. The molecule has 0 saturated heterocycles. The van der Waals surface area contributed by atoms with Gasteiger partial charge in [0.1, 0.15) is 0 Å². The van der Waals surface area contributed by atoms with E-state index in [1.54, 1.807) is 11.1 Å². The van der Waals surface area contributed by atoms with Gasteiger partial charge in [-0.2, -0.15) is 0 Å². The Morgan fingerprint density at radius 1 is 1.32 bits per heavy atom. The molecule has 25 heavy (non-hydrogen) atoms. The van der Waals surface area contributed by atoms with Crippen molar-refractivity contribution < 1.29 is 9.59 Å². The highest BCUT2D eigenvalue weighted by molar-refractivity contribution is 5.85. The van der Waals surface area contributed by atoms with E-state index in [1.165, 1.54) is 6.92 Å². The molecule has 2 unspecified atom stereocenters. The van der Waals surface area contributed by atoms with Gasteiger partial charge in [-0.1, -0.05) is 38.1 Å². The fourth-order valence-electron chi connectivity index (χ4n) is 2.89. The largest absolute Gasteiger partial charge is 0.349 e. The zero-order valence-corrected chi connectivity index (χ0v) is 16.1. The van der Waals surface area contributed by atoms with Crippen molar-refractivity contribution in [1.29, 1.82) is 0 Å². The first-order valence-corrected chi connectivity index (χ1v) is 8.35. The van der Waals surface area contributed by atoms with Crippen LogP contribution in [-0.2, 0) is 9.59 Å². The van der Waals surface area contributed by atoms with Crippen molar-refractivity contribution in [3.05, 3.63) is 41.6 Å². The van der Waals surface area contributed by atoms with Gasteiger partial charge in [-0.3, -0.25) is 9.59 Å². The van der Waals surface area contributed by atoms with Gasteiger partial charge in [0.15, 0.2) is 0 Å². The molecule has 0 spiro atoms. The van der Waals surface area contributed by atoms with Crippen LogP contribution in [0.15, 0.2) is 30.5 Å². The second-order valence-corrected chi connectivity index (χ2v) is 6.92. The van der Waals surface area contributed by atoms with E-state index in [4.69, 9.17) is 5.73 Å². The Morgan fingerprint density at radius 3 is 2.52 bits per heavy atom. The van der Waals surface area contributed by atoms with Crippen molar-refractivity contribution in [3.63, 3.8) is 0 Å². The molecule has 0 bridgehead atoms. The fraction of sp³-hybridized carbons (Fsp3) is 0.474. The summed E-state index contributed by atoms with van der Waals surface area (Å²) in [7, 11) is 0. The van der Waals surface area contributed by atoms with Gasteiger partial charge in [0.05, 0.1) is 18.0 Å². The summed E-state index contributed by atoms with van der Waals surface area (Å²) in [6.45, 7) is 7.91. The smallest absolute Gasteiger partial charge is 0.223 e. The summed E-state index contributed by atoms with van der Waals surface area (Å²) in [6.07, 6.45) is 3.87. The molecule has 2 rings (SSSR count). The molecule has 1 aliphatic heterocycles. The second kappa shape index (κ2) is 8.50. The van der Waals surface area contributed by atoms with Crippen molar-refractivity contribution >= 4 is 30.3 Å². The number of rotatable bonds is 5. The van der Waals surface area contributed by atoms with Gasteiger partial charge in [0, 0.05) is 19.7 Å². The van der Waals surface area contributed by atoms with Gasteiger partial charge in [-0.15, -0.1) is 12.4 Å². The average Bonchev–Trinajstić information content (AvgIpc) is 2.54. The van der Waals surface area contributed by atoms with Crippen LogP contribution in [0.3, 0.4) is 0 Å². The quantitative estimate of drug-likeness (QED) is 0.842.